The first-order valence-corrected chi connectivity index (χ1v) is 8.62. The van der Waals surface area contributed by atoms with Crippen molar-refractivity contribution in [1.82, 2.24) is 0 Å². The summed E-state index contributed by atoms with van der Waals surface area (Å²) in [6.45, 7) is 0. The highest BCUT2D eigenvalue weighted by molar-refractivity contribution is 6.08. The number of nitrogens with one attached hydrogen (secondary N) is 2. The Labute approximate surface area is 181 Å². The molecule has 0 aliphatic rings. The summed E-state index contributed by atoms with van der Waals surface area (Å²) < 4.78 is 134. The lowest BCUT2D eigenvalue weighted by molar-refractivity contribution is 0.102. The van der Waals surface area contributed by atoms with Gasteiger partial charge in [0.2, 0.25) is 11.6 Å². The van der Waals surface area contributed by atoms with Crippen molar-refractivity contribution in [2.75, 3.05) is 10.6 Å². The highest BCUT2D eigenvalue weighted by Crippen LogP contribution is 2.29. The molecule has 178 valence electrons. The lowest BCUT2D eigenvalue weighted by Crippen LogP contribution is -2.19. The SMILES string of the molecule is O=C(Nc1c(F)c(F)c(F)c(F)c1F)c1cccc(C(=O)Nc2c(F)c(F)c(F)c(F)c2F)c1. The summed E-state index contributed by atoms with van der Waals surface area (Å²) >= 11 is 0. The van der Waals surface area contributed by atoms with E-state index in [0.29, 0.717) is 6.07 Å². The Balaban J connectivity index is 1.91. The van der Waals surface area contributed by atoms with Gasteiger partial charge in [-0.3, -0.25) is 9.59 Å². The molecule has 0 unspecified atom stereocenters. The van der Waals surface area contributed by atoms with Crippen LogP contribution < -0.4 is 10.6 Å². The van der Waals surface area contributed by atoms with E-state index in [2.05, 4.69) is 0 Å². The van der Waals surface area contributed by atoms with Crippen LogP contribution in [0, 0.1) is 58.2 Å². The molecule has 3 aromatic carbocycles. The van der Waals surface area contributed by atoms with Gasteiger partial charge in [0, 0.05) is 11.1 Å². The Morgan fingerprint density at radius 3 is 1.03 bits per heavy atom. The second-order valence-corrected chi connectivity index (χ2v) is 6.38. The molecule has 2 amide bonds. The van der Waals surface area contributed by atoms with Crippen molar-refractivity contribution in [3.05, 3.63) is 93.6 Å². The molecule has 3 aromatic rings. The number of amides is 2. The first-order valence-electron chi connectivity index (χ1n) is 8.62. The molecule has 0 saturated carbocycles. The third-order valence-corrected chi connectivity index (χ3v) is 4.28. The average molecular weight is 496 g/mol. The topological polar surface area (TPSA) is 58.2 Å². The molecule has 0 aliphatic carbocycles. The van der Waals surface area contributed by atoms with Gasteiger partial charge in [-0.25, -0.2) is 43.9 Å². The van der Waals surface area contributed by atoms with Crippen LogP contribution >= 0.6 is 0 Å². The predicted octanol–water partition coefficient (Wildman–Crippen LogP) is 5.58. The fourth-order valence-electron chi connectivity index (χ4n) is 2.60. The van der Waals surface area contributed by atoms with Crippen LogP contribution in [-0.2, 0) is 0 Å². The van der Waals surface area contributed by atoms with Gasteiger partial charge >= 0.3 is 0 Å². The fourth-order valence-corrected chi connectivity index (χ4v) is 2.60. The second kappa shape index (κ2) is 9.03. The molecule has 34 heavy (non-hydrogen) atoms. The molecule has 0 fully saturated rings. The number of benzene rings is 3. The van der Waals surface area contributed by atoms with E-state index in [1.807, 2.05) is 0 Å². The maximum Gasteiger partial charge on any atom is 0.255 e. The molecular weight excluding hydrogens is 490 g/mol. The predicted molar refractivity (Wildman–Crippen MR) is 94.8 cm³/mol. The van der Waals surface area contributed by atoms with Crippen LogP contribution in [0.4, 0.5) is 55.3 Å². The molecular formula is C20H6F10N2O2. The highest BCUT2D eigenvalue weighted by Gasteiger charge is 2.29. The highest BCUT2D eigenvalue weighted by atomic mass is 19.2. The van der Waals surface area contributed by atoms with Crippen LogP contribution in [0.2, 0.25) is 0 Å². The van der Waals surface area contributed by atoms with Gasteiger partial charge in [-0.2, -0.15) is 0 Å². The Morgan fingerprint density at radius 2 is 0.735 bits per heavy atom. The Bertz CT molecular complexity index is 1200. The molecule has 0 aromatic heterocycles. The van der Waals surface area contributed by atoms with Crippen molar-refractivity contribution in [3.8, 4) is 0 Å². The lowest BCUT2D eigenvalue weighted by Gasteiger charge is -2.12. The van der Waals surface area contributed by atoms with Gasteiger partial charge in [0.1, 0.15) is 11.4 Å². The number of anilines is 2. The first kappa shape index (κ1) is 24.5. The smallest absolute Gasteiger partial charge is 0.255 e. The molecule has 0 aliphatic heterocycles. The van der Waals surface area contributed by atoms with Crippen LogP contribution in [-0.4, -0.2) is 11.8 Å². The largest absolute Gasteiger partial charge is 0.317 e. The molecule has 0 saturated heterocycles. The van der Waals surface area contributed by atoms with Gasteiger partial charge in [-0.05, 0) is 18.2 Å². The third kappa shape index (κ3) is 4.13. The minimum absolute atomic E-state index is 0.617. The Morgan fingerprint density at radius 1 is 0.471 bits per heavy atom. The van der Waals surface area contributed by atoms with Crippen molar-refractivity contribution >= 4 is 23.2 Å². The van der Waals surface area contributed by atoms with E-state index in [4.69, 9.17) is 0 Å². The molecule has 0 spiro atoms. The summed E-state index contributed by atoms with van der Waals surface area (Å²) in [5, 5.41) is 2.86. The van der Waals surface area contributed by atoms with E-state index in [-0.39, 0.29) is 0 Å². The van der Waals surface area contributed by atoms with E-state index in [0.717, 1.165) is 18.2 Å². The quantitative estimate of drug-likeness (QED) is 0.282. The lowest BCUT2D eigenvalue weighted by atomic mass is 10.1. The van der Waals surface area contributed by atoms with Gasteiger partial charge in [0.15, 0.2) is 46.5 Å². The van der Waals surface area contributed by atoms with Gasteiger partial charge in [0.25, 0.3) is 11.8 Å². The van der Waals surface area contributed by atoms with Crippen molar-refractivity contribution in [1.29, 1.82) is 0 Å². The maximum atomic E-state index is 13.7. The van der Waals surface area contributed by atoms with E-state index in [1.54, 1.807) is 0 Å². The molecule has 2 N–H and O–H groups in total. The van der Waals surface area contributed by atoms with Crippen molar-refractivity contribution in [2.45, 2.75) is 0 Å². The Hall–Kier alpha value is -4.10. The standard InChI is InChI=1S/C20H6F10N2O2/c21-7-9(23)13(27)17(14(28)10(7)24)31-19(33)5-2-1-3-6(4-5)20(34)32-18-15(29)11(25)8(22)12(26)16(18)30/h1-4H,(H,31,33)(H,32,34). The summed E-state index contributed by atoms with van der Waals surface area (Å²) in [6.07, 6.45) is 0. The molecule has 0 heterocycles. The van der Waals surface area contributed by atoms with Crippen LogP contribution in [0.3, 0.4) is 0 Å². The van der Waals surface area contributed by atoms with Gasteiger partial charge in [-0.15, -0.1) is 0 Å². The van der Waals surface area contributed by atoms with Crippen molar-refractivity contribution in [2.24, 2.45) is 0 Å². The monoisotopic (exact) mass is 496 g/mol. The van der Waals surface area contributed by atoms with Gasteiger partial charge < -0.3 is 10.6 Å². The zero-order valence-corrected chi connectivity index (χ0v) is 15.9. The van der Waals surface area contributed by atoms with Crippen LogP contribution in [0.15, 0.2) is 24.3 Å². The van der Waals surface area contributed by atoms with Gasteiger partial charge in [-0.1, -0.05) is 6.07 Å². The van der Waals surface area contributed by atoms with E-state index >= 15 is 0 Å². The number of hydrogen-bond acceptors (Lipinski definition) is 2. The molecule has 0 atom stereocenters. The second-order valence-electron chi connectivity index (χ2n) is 6.38. The summed E-state index contributed by atoms with van der Waals surface area (Å²) in [6, 6.07) is 3.43. The molecule has 4 nitrogen and oxygen atoms in total. The molecule has 14 heteroatoms. The summed E-state index contributed by atoms with van der Waals surface area (Å²) in [7, 11) is 0. The summed E-state index contributed by atoms with van der Waals surface area (Å²) in [5.74, 6) is -26.7. The summed E-state index contributed by atoms with van der Waals surface area (Å²) in [5.41, 5.74) is -4.63. The number of halogens is 10. The van der Waals surface area contributed by atoms with Crippen LogP contribution in [0.5, 0.6) is 0 Å². The zero-order chi connectivity index (χ0) is 25.5. The Kier molecular flexibility index (Phi) is 6.52. The molecule has 0 bridgehead atoms. The van der Waals surface area contributed by atoms with E-state index in [9.17, 15) is 53.5 Å². The van der Waals surface area contributed by atoms with Crippen molar-refractivity contribution in [3.63, 3.8) is 0 Å². The number of rotatable bonds is 4. The van der Waals surface area contributed by atoms with E-state index in [1.165, 1.54) is 10.6 Å². The number of hydrogen-bond donors (Lipinski definition) is 2. The minimum atomic E-state index is -2.47. The van der Waals surface area contributed by atoms with Crippen LogP contribution in [0.1, 0.15) is 20.7 Å². The van der Waals surface area contributed by atoms with Crippen LogP contribution in [0.25, 0.3) is 0 Å². The number of carbonyl (C=O) groups excluding carboxylic acids is 2. The molecule has 3 rings (SSSR count). The fraction of sp³-hybridized carbons (Fsp3) is 0. The molecule has 0 radical (unpaired) electrons. The minimum Gasteiger partial charge on any atom is -0.317 e. The summed E-state index contributed by atoms with van der Waals surface area (Å²) in [4.78, 5) is 24.4. The van der Waals surface area contributed by atoms with Gasteiger partial charge in [0.05, 0.1) is 0 Å². The first-order chi connectivity index (χ1) is 15.9. The third-order valence-electron chi connectivity index (χ3n) is 4.28. The van der Waals surface area contributed by atoms with Crippen molar-refractivity contribution < 1.29 is 53.5 Å². The number of carbonyl (C=O) groups is 2. The zero-order valence-electron chi connectivity index (χ0n) is 15.9. The average Bonchev–Trinajstić information content (AvgIpc) is 2.84. The maximum absolute atomic E-state index is 13.7. The normalized spacial score (nSPS) is 10.9. The van der Waals surface area contributed by atoms with E-state index < -0.39 is 92.5 Å².